The fourth-order valence-corrected chi connectivity index (χ4v) is 1.93. The number of hydrogen-bond donors (Lipinski definition) is 2. The van der Waals surface area contributed by atoms with Crippen LogP contribution in [0.4, 0.5) is 0 Å². The first-order chi connectivity index (χ1) is 9.13. The van der Waals surface area contributed by atoms with Gasteiger partial charge < -0.3 is 15.5 Å². The van der Waals surface area contributed by atoms with E-state index in [1.807, 2.05) is 33.3 Å². The molecule has 4 nitrogen and oxygen atoms in total. The van der Waals surface area contributed by atoms with Crippen molar-refractivity contribution in [3.05, 3.63) is 35.4 Å². The van der Waals surface area contributed by atoms with Crippen molar-refractivity contribution in [2.24, 2.45) is 0 Å². The Bertz CT molecular complexity index is 400. The lowest BCUT2D eigenvalue weighted by molar-refractivity contribution is -0.121. The Morgan fingerprint density at radius 2 is 1.76 bits per heavy atom. The van der Waals surface area contributed by atoms with Gasteiger partial charge >= 0.3 is 0 Å². The van der Waals surface area contributed by atoms with E-state index in [1.54, 1.807) is 0 Å². The quantitative estimate of drug-likeness (QED) is 0.716. The molecule has 0 saturated heterocycles. The molecule has 0 aromatic heterocycles. The normalized spacial score (nSPS) is 9.71. The summed E-state index contributed by atoms with van der Waals surface area (Å²) in [5, 5.41) is 6.03. The lowest BCUT2D eigenvalue weighted by Gasteiger charge is -2.14. The zero-order chi connectivity index (χ0) is 14.1. The van der Waals surface area contributed by atoms with Crippen LogP contribution >= 0.6 is 24.8 Å². The zero-order valence-electron chi connectivity index (χ0n) is 13.0. The van der Waals surface area contributed by atoms with Gasteiger partial charge in [0.25, 0.3) is 0 Å². The molecule has 0 aliphatic heterocycles. The second-order valence-corrected chi connectivity index (χ2v) is 4.99. The summed E-state index contributed by atoms with van der Waals surface area (Å²) in [6.45, 7) is 2.39. The third-order valence-corrected chi connectivity index (χ3v) is 2.91. The highest BCUT2D eigenvalue weighted by Gasteiger charge is 2.05. The number of benzene rings is 1. The Morgan fingerprint density at radius 1 is 1.14 bits per heavy atom. The maximum atomic E-state index is 11.7. The highest BCUT2D eigenvalue weighted by atomic mass is 35.5. The van der Waals surface area contributed by atoms with Crippen molar-refractivity contribution < 1.29 is 4.79 Å². The summed E-state index contributed by atoms with van der Waals surface area (Å²) in [4.78, 5) is 13.8. The summed E-state index contributed by atoms with van der Waals surface area (Å²) < 4.78 is 0. The van der Waals surface area contributed by atoms with Gasteiger partial charge in [0.1, 0.15) is 0 Å². The lowest BCUT2D eigenvalue weighted by Crippen LogP contribution is -2.24. The number of nitrogens with one attached hydrogen (secondary N) is 2. The van der Waals surface area contributed by atoms with Gasteiger partial charge in [-0.05, 0) is 45.2 Å². The molecule has 0 spiro atoms. The predicted molar refractivity (Wildman–Crippen MR) is 93.3 cm³/mol. The number of hydrogen-bond acceptors (Lipinski definition) is 3. The van der Waals surface area contributed by atoms with Gasteiger partial charge in [0, 0.05) is 19.5 Å². The van der Waals surface area contributed by atoms with Gasteiger partial charge in [-0.3, -0.25) is 4.79 Å². The second kappa shape index (κ2) is 12.9. The molecular weight excluding hydrogens is 309 g/mol. The average molecular weight is 336 g/mol. The van der Waals surface area contributed by atoms with Gasteiger partial charge in [-0.15, -0.1) is 24.8 Å². The first kappa shape index (κ1) is 22.5. The van der Waals surface area contributed by atoms with Crippen LogP contribution < -0.4 is 10.6 Å². The molecule has 1 rings (SSSR count). The van der Waals surface area contributed by atoms with Crippen LogP contribution in [0.3, 0.4) is 0 Å². The van der Waals surface area contributed by atoms with E-state index in [1.165, 1.54) is 11.1 Å². The maximum Gasteiger partial charge on any atom is 0.220 e. The minimum Gasteiger partial charge on any atom is -0.352 e. The molecule has 0 heterocycles. The summed E-state index contributed by atoms with van der Waals surface area (Å²) >= 11 is 0. The summed E-state index contributed by atoms with van der Waals surface area (Å²) in [5.74, 6) is 0.120. The molecule has 6 heteroatoms. The van der Waals surface area contributed by atoms with Crippen LogP contribution in [0.25, 0.3) is 0 Å². The van der Waals surface area contributed by atoms with Gasteiger partial charge in [-0.25, -0.2) is 0 Å². The van der Waals surface area contributed by atoms with Gasteiger partial charge in [0.15, 0.2) is 0 Å². The SMILES string of the molecule is CNCCCC(=O)NCc1ccccc1CN(C)C.Cl.Cl. The molecule has 0 bridgehead atoms. The number of amides is 1. The first-order valence-corrected chi connectivity index (χ1v) is 6.76. The molecule has 21 heavy (non-hydrogen) atoms. The standard InChI is InChI=1S/C15H25N3O.2ClH/c1-16-10-6-9-15(19)17-11-13-7-4-5-8-14(13)12-18(2)3;;/h4-5,7-8,16H,6,9-12H2,1-3H3,(H,17,19);2*1H. The summed E-state index contributed by atoms with van der Waals surface area (Å²) in [6.07, 6.45) is 1.46. The molecule has 1 aromatic carbocycles. The molecule has 1 aromatic rings. The highest BCUT2D eigenvalue weighted by molar-refractivity contribution is 5.85. The fourth-order valence-electron chi connectivity index (χ4n) is 1.93. The van der Waals surface area contributed by atoms with Crippen LogP contribution in [-0.2, 0) is 17.9 Å². The van der Waals surface area contributed by atoms with Crippen LogP contribution in [0.15, 0.2) is 24.3 Å². The molecule has 1 amide bonds. The van der Waals surface area contributed by atoms with E-state index in [-0.39, 0.29) is 30.7 Å². The number of halogens is 2. The molecule has 0 unspecified atom stereocenters. The molecule has 0 aliphatic rings. The van der Waals surface area contributed by atoms with E-state index in [2.05, 4.69) is 27.7 Å². The number of carbonyl (C=O) groups is 1. The van der Waals surface area contributed by atoms with Crippen molar-refractivity contribution in [3.8, 4) is 0 Å². The van der Waals surface area contributed by atoms with Gasteiger partial charge in [-0.1, -0.05) is 24.3 Å². The third-order valence-electron chi connectivity index (χ3n) is 2.91. The third kappa shape index (κ3) is 9.69. The first-order valence-electron chi connectivity index (χ1n) is 6.76. The van der Waals surface area contributed by atoms with E-state index < -0.39 is 0 Å². The van der Waals surface area contributed by atoms with Crippen molar-refractivity contribution in [1.29, 1.82) is 0 Å². The van der Waals surface area contributed by atoms with Gasteiger partial charge in [0.05, 0.1) is 0 Å². The van der Waals surface area contributed by atoms with Crippen LogP contribution in [0, 0.1) is 0 Å². The van der Waals surface area contributed by atoms with Gasteiger partial charge in [0.2, 0.25) is 5.91 Å². The largest absolute Gasteiger partial charge is 0.352 e. The summed E-state index contributed by atoms with van der Waals surface area (Å²) in [6, 6.07) is 8.24. The Labute approximate surface area is 140 Å². The van der Waals surface area contributed by atoms with E-state index >= 15 is 0 Å². The van der Waals surface area contributed by atoms with E-state index in [0.29, 0.717) is 13.0 Å². The molecule has 0 fully saturated rings. The minimum atomic E-state index is 0. The van der Waals surface area contributed by atoms with E-state index in [0.717, 1.165) is 19.5 Å². The van der Waals surface area contributed by atoms with Crippen molar-refractivity contribution in [2.45, 2.75) is 25.9 Å². The number of nitrogens with zero attached hydrogens (tertiary/aromatic N) is 1. The van der Waals surface area contributed by atoms with E-state index in [9.17, 15) is 4.79 Å². The molecule has 0 saturated carbocycles. The molecule has 122 valence electrons. The summed E-state index contributed by atoms with van der Waals surface area (Å²) in [7, 11) is 6.00. The van der Waals surface area contributed by atoms with Crippen LogP contribution in [0.2, 0.25) is 0 Å². The smallest absolute Gasteiger partial charge is 0.220 e. The molecule has 0 aliphatic carbocycles. The van der Waals surface area contributed by atoms with Crippen molar-refractivity contribution in [3.63, 3.8) is 0 Å². The Hall–Kier alpha value is -0.810. The van der Waals surface area contributed by atoms with Crippen LogP contribution in [-0.4, -0.2) is 38.5 Å². The predicted octanol–water partition coefficient (Wildman–Crippen LogP) is 2.21. The van der Waals surface area contributed by atoms with Crippen LogP contribution in [0.1, 0.15) is 24.0 Å². The second-order valence-electron chi connectivity index (χ2n) is 4.99. The Morgan fingerprint density at radius 3 is 2.33 bits per heavy atom. The molecule has 0 atom stereocenters. The monoisotopic (exact) mass is 335 g/mol. The Balaban J connectivity index is 0. The average Bonchev–Trinajstić information content (AvgIpc) is 2.37. The lowest BCUT2D eigenvalue weighted by atomic mass is 10.1. The maximum absolute atomic E-state index is 11.7. The topological polar surface area (TPSA) is 44.4 Å². The minimum absolute atomic E-state index is 0. The van der Waals surface area contributed by atoms with Crippen molar-refractivity contribution >= 4 is 30.7 Å². The Kier molecular flexibility index (Phi) is 13.8. The van der Waals surface area contributed by atoms with Crippen molar-refractivity contribution in [2.75, 3.05) is 27.7 Å². The van der Waals surface area contributed by atoms with Crippen molar-refractivity contribution in [1.82, 2.24) is 15.5 Å². The highest BCUT2D eigenvalue weighted by Crippen LogP contribution is 2.10. The number of carbonyl (C=O) groups excluding carboxylic acids is 1. The van der Waals surface area contributed by atoms with Crippen LogP contribution in [0.5, 0.6) is 0 Å². The van der Waals surface area contributed by atoms with E-state index in [4.69, 9.17) is 0 Å². The zero-order valence-corrected chi connectivity index (χ0v) is 14.6. The fraction of sp³-hybridized carbons (Fsp3) is 0.533. The number of rotatable bonds is 8. The molecular formula is C15H27Cl2N3O. The molecule has 0 radical (unpaired) electrons. The molecule has 2 N–H and O–H groups in total. The van der Waals surface area contributed by atoms with Gasteiger partial charge in [-0.2, -0.15) is 0 Å². The summed E-state index contributed by atoms with van der Waals surface area (Å²) in [5.41, 5.74) is 2.46.